The molecular formula is C17H18O. The van der Waals surface area contributed by atoms with Crippen LogP contribution in [0, 0.1) is 5.92 Å². The largest absolute Gasteiger partial charge is 0.376 e. The van der Waals surface area contributed by atoms with Gasteiger partial charge in [0, 0.05) is 7.11 Å². The molecule has 1 fully saturated rings. The average Bonchev–Trinajstić information content (AvgIpc) is 3.26. The Hall–Kier alpha value is -1.60. The standard InChI is InChI=1S/C17H18O/c1-18-17(16-11-12-16)15-9-7-14(8-10-15)13-5-3-2-4-6-13/h2-10,16-17H,11-12H2,1H3. The van der Waals surface area contributed by atoms with Crippen LogP contribution in [0.2, 0.25) is 0 Å². The van der Waals surface area contributed by atoms with Crippen LogP contribution in [-0.2, 0) is 4.74 Å². The van der Waals surface area contributed by atoms with Crippen molar-refractivity contribution in [2.24, 2.45) is 5.92 Å². The van der Waals surface area contributed by atoms with Crippen LogP contribution in [0.3, 0.4) is 0 Å². The SMILES string of the molecule is COC(c1ccc(-c2ccccc2)cc1)C1CC1. The first-order chi connectivity index (χ1) is 8.88. The van der Waals surface area contributed by atoms with E-state index in [-0.39, 0.29) is 6.10 Å². The van der Waals surface area contributed by atoms with E-state index in [4.69, 9.17) is 4.74 Å². The predicted molar refractivity (Wildman–Crippen MR) is 74.4 cm³/mol. The molecule has 0 saturated heterocycles. The van der Waals surface area contributed by atoms with E-state index in [9.17, 15) is 0 Å². The zero-order valence-corrected chi connectivity index (χ0v) is 10.7. The summed E-state index contributed by atoms with van der Waals surface area (Å²) in [6, 6.07) is 19.3. The van der Waals surface area contributed by atoms with Gasteiger partial charge in [0.2, 0.25) is 0 Å². The van der Waals surface area contributed by atoms with Crippen LogP contribution in [0.1, 0.15) is 24.5 Å². The summed E-state index contributed by atoms with van der Waals surface area (Å²) in [7, 11) is 1.81. The highest BCUT2D eigenvalue weighted by molar-refractivity contribution is 5.63. The molecule has 1 unspecified atom stereocenters. The van der Waals surface area contributed by atoms with Crippen LogP contribution < -0.4 is 0 Å². The maximum Gasteiger partial charge on any atom is 0.0849 e. The molecule has 0 spiro atoms. The van der Waals surface area contributed by atoms with E-state index in [0.717, 1.165) is 5.92 Å². The fourth-order valence-corrected chi connectivity index (χ4v) is 2.50. The molecule has 0 N–H and O–H groups in total. The quantitative estimate of drug-likeness (QED) is 0.764. The number of methoxy groups -OCH3 is 1. The van der Waals surface area contributed by atoms with Crippen molar-refractivity contribution in [3.8, 4) is 11.1 Å². The lowest BCUT2D eigenvalue weighted by Gasteiger charge is -2.15. The van der Waals surface area contributed by atoms with E-state index in [2.05, 4.69) is 48.5 Å². The molecule has 1 saturated carbocycles. The van der Waals surface area contributed by atoms with Crippen molar-refractivity contribution in [3.63, 3.8) is 0 Å². The van der Waals surface area contributed by atoms with Gasteiger partial charge in [-0.1, -0.05) is 54.6 Å². The molecule has 0 aliphatic heterocycles. The van der Waals surface area contributed by atoms with Crippen molar-refractivity contribution in [2.75, 3.05) is 7.11 Å². The number of hydrogen-bond acceptors (Lipinski definition) is 1. The van der Waals surface area contributed by atoms with Gasteiger partial charge in [0.1, 0.15) is 0 Å². The molecule has 2 aromatic carbocycles. The van der Waals surface area contributed by atoms with Crippen molar-refractivity contribution < 1.29 is 4.74 Å². The van der Waals surface area contributed by atoms with Gasteiger partial charge in [-0.15, -0.1) is 0 Å². The average molecular weight is 238 g/mol. The van der Waals surface area contributed by atoms with Crippen LogP contribution >= 0.6 is 0 Å². The molecule has 18 heavy (non-hydrogen) atoms. The first-order valence-electron chi connectivity index (χ1n) is 6.56. The number of ether oxygens (including phenoxy) is 1. The van der Waals surface area contributed by atoms with Gasteiger partial charge in [0.25, 0.3) is 0 Å². The summed E-state index contributed by atoms with van der Waals surface area (Å²) in [6.07, 6.45) is 2.90. The first kappa shape index (κ1) is 11.5. The summed E-state index contributed by atoms with van der Waals surface area (Å²) >= 11 is 0. The Morgan fingerprint density at radius 3 is 2.06 bits per heavy atom. The molecule has 92 valence electrons. The van der Waals surface area contributed by atoms with E-state index >= 15 is 0 Å². The van der Waals surface area contributed by atoms with E-state index in [1.54, 1.807) is 0 Å². The lowest BCUT2D eigenvalue weighted by Crippen LogP contribution is -2.03. The third kappa shape index (κ3) is 2.32. The summed E-state index contributed by atoms with van der Waals surface area (Å²) in [5.41, 5.74) is 3.84. The fourth-order valence-electron chi connectivity index (χ4n) is 2.50. The molecule has 0 heterocycles. The summed E-state index contributed by atoms with van der Waals surface area (Å²) in [6.45, 7) is 0. The van der Waals surface area contributed by atoms with Crippen molar-refractivity contribution >= 4 is 0 Å². The Bertz CT molecular complexity index is 497. The van der Waals surface area contributed by atoms with Crippen molar-refractivity contribution in [1.82, 2.24) is 0 Å². The van der Waals surface area contributed by atoms with Crippen molar-refractivity contribution in [2.45, 2.75) is 18.9 Å². The second-order valence-corrected chi connectivity index (χ2v) is 4.98. The van der Waals surface area contributed by atoms with E-state index in [1.807, 2.05) is 13.2 Å². The van der Waals surface area contributed by atoms with Gasteiger partial charge in [-0.2, -0.15) is 0 Å². The molecule has 3 rings (SSSR count). The van der Waals surface area contributed by atoms with Gasteiger partial charge in [-0.05, 0) is 35.4 Å². The Labute approximate surface area is 108 Å². The van der Waals surface area contributed by atoms with Gasteiger partial charge in [-0.25, -0.2) is 0 Å². The summed E-state index contributed by atoms with van der Waals surface area (Å²) in [5, 5.41) is 0. The zero-order chi connectivity index (χ0) is 12.4. The molecule has 0 radical (unpaired) electrons. The normalized spacial score (nSPS) is 16.5. The van der Waals surface area contributed by atoms with Crippen LogP contribution in [0.25, 0.3) is 11.1 Å². The molecule has 0 aromatic heterocycles. The molecule has 1 atom stereocenters. The number of rotatable bonds is 4. The molecule has 2 aromatic rings. The highest BCUT2D eigenvalue weighted by atomic mass is 16.5. The van der Waals surface area contributed by atoms with Gasteiger partial charge < -0.3 is 4.74 Å². The fraction of sp³-hybridized carbons (Fsp3) is 0.294. The topological polar surface area (TPSA) is 9.23 Å². The van der Waals surface area contributed by atoms with Crippen LogP contribution in [0.5, 0.6) is 0 Å². The predicted octanol–water partition coefficient (Wildman–Crippen LogP) is 4.45. The Kier molecular flexibility index (Phi) is 3.16. The zero-order valence-electron chi connectivity index (χ0n) is 10.7. The molecule has 0 amide bonds. The maximum atomic E-state index is 5.61. The summed E-state index contributed by atoms with van der Waals surface area (Å²) in [4.78, 5) is 0. The third-order valence-corrected chi connectivity index (χ3v) is 3.65. The molecule has 1 aliphatic rings. The lowest BCUT2D eigenvalue weighted by molar-refractivity contribution is 0.0846. The number of benzene rings is 2. The van der Waals surface area contributed by atoms with Crippen LogP contribution in [0.4, 0.5) is 0 Å². The van der Waals surface area contributed by atoms with Gasteiger partial charge in [-0.3, -0.25) is 0 Å². The highest BCUT2D eigenvalue weighted by Crippen LogP contribution is 2.43. The van der Waals surface area contributed by atoms with E-state index in [1.165, 1.54) is 29.5 Å². The second kappa shape index (κ2) is 4.95. The third-order valence-electron chi connectivity index (χ3n) is 3.65. The molecule has 1 aliphatic carbocycles. The Morgan fingerprint density at radius 1 is 0.889 bits per heavy atom. The lowest BCUT2D eigenvalue weighted by atomic mass is 10.00. The number of hydrogen-bond donors (Lipinski definition) is 0. The van der Waals surface area contributed by atoms with Crippen LogP contribution in [0.15, 0.2) is 54.6 Å². The first-order valence-corrected chi connectivity index (χ1v) is 6.56. The summed E-state index contributed by atoms with van der Waals surface area (Å²) in [5.74, 6) is 0.734. The minimum Gasteiger partial charge on any atom is -0.376 e. The van der Waals surface area contributed by atoms with Gasteiger partial charge >= 0.3 is 0 Å². The summed E-state index contributed by atoms with van der Waals surface area (Å²) < 4.78 is 5.61. The molecule has 1 heteroatoms. The Balaban J connectivity index is 1.84. The highest BCUT2D eigenvalue weighted by Gasteiger charge is 2.32. The molecule has 1 nitrogen and oxygen atoms in total. The monoisotopic (exact) mass is 238 g/mol. The van der Waals surface area contributed by atoms with Crippen LogP contribution in [-0.4, -0.2) is 7.11 Å². The van der Waals surface area contributed by atoms with Crippen molar-refractivity contribution in [1.29, 1.82) is 0 Å². The minimum absolute atomic E-state index is 0.287. The minimum atomic E-state index is 0.287. The molecule has 0 bridgehead atoms. The van der Waals surface area contributed by atoms with E-state index < -0.39 is 0 Å². The maximum absolute atomic E-state index is 5.61. The smallest absolute Gasteiger partial charge is 0.0849 e. The Morgan fingerprint density at radius 2 is 1.50 bits per heavy atom. The van der Waals surface area contributed by atoms with Crippen molar-refractivity contribution in [3.05, 3.63) is 60.2 Å². The molecular weight excluding hydrogens is 220 g/mol. The van der Waals surface area contributed by atoms with Gasteiger partial charge in [0.15, 0.2) is 0 Å². The van der Waals surface area contributed by atoms with Gasteiger partial charge in [0.05, 0.1) is 6.10 Å². The second-order valence-electron chi connectivity index (χ2n) is 4.98. The van der Waals surface area contributed by atoms with E-state index in [0.29, 0.717) is 0 Å².